The van der Waals surface area contributed by atoms with Crippen LogP contribution in [-0.4, -0.2) is 56.6 Å². The van der Waals surface area contributed by atoms with E-state index < -0.39 is 4.92 Å². The van der Waals surface area contributed by atoms with Gasteiger partial charge < -0.3 is 20.1 Å². The van der Waals surface area contributed by atoms with E-state index in [1.54, 1.807) is 72.7 Å². The lowest BCUT2D eigenvalue weighted by molar-refractivity contribution is -0.384. The van der Waals surface area contributed by atoms with E-state index in [4.69, 9.17) is 23.2 Å². The largest absolute Gasteiger partial charge is 0.368 e. The Morgan fingerprint density at radius 1 is 1.11 bits per heavy atom. The Hall–Kier alpha value is -3.96. The lowest BCUT2D eigenvalue weighted by atomic mass is 10.1. The van der Waals surface area contributed by atoms with Crippen LogP contribution >= 0.6 is 23.2 Å². The van der Waals surface area contributed by atoms with Crippen LogP contribution in [0.5, 0.6) is 0 Å². The second kappa shape index (κ2) is 10.5. The zero-order valence-electron chi connectivity index (χ0n) is 18.8. The van der Waals surface area contributed by atoms with Gasteiger partial charge >= 0.3 is 5.69 Å². The normalized spacial score (nSPS) is 10.7. The van der Waals surface area contributed by atoms with Crippen LogP contribution in [0, 0.1) is 10.1 Å². The third-order valence-corrected chi connectivity index (χ3v) is 5.48. The molecule has 3 heterocycles. The Morgan fingerprint density at radius 2 is 1.91 bits per heavy atom. The van der Waals surface area contributed by atoms with E-state index in [-0.39, 0.29) is 11.5 Å². The number of rotatable bonds is 9. The van der Waals surface area contributed by atoms with Gasteiger partial charge in [0.25, 0.3) is 0 Å². The zero-order valence-corrected chi connectivity index (χ0v) is 20.3. The first-order valence-electron chi connectivity index (χ1n) is 10.4. The minimum atomic E-state index is -0.455. The van der Waals surface area contributed by atoms with Crippen molar-refractivity contribution in [2.24, 2.45) is 0 Å². The monoisotopic (exact) mass is 513 g/mol. The van der Waals surface area contributed by atoms with Crippen molar-refractivity contribution in [3.63, 3.8) is 0 Å². The lowest BCUT2D eigenvalue weighted by Crippen LogP contribution is -2.18. The highest BCUT2D eigenvalue weighted by Gasteiger charge is 2.18. The smallest absolute Gasteiger partial charge is 0.311 e. The van der Waals surface area contributed by atoms with Crippen molar-refractivity contribution in [2.45, 2.75) is 0 Å². The molecular weight excluding hydrogens is 493 g/mol. The molecule has 0 aliphatic carbocycles. The van der Waals surface area contributed by atoms with E-state index in [1.165, 1.54) is 6.07 Å². The topological polar surface area (TPSA) is 127 Å². The van der Waals surface area contributed by atoms with Gasteiger partial charge in [-0.25, -0.2) is 19.9 Å². The fourth-order valence-corrected chi connectivity index (χ4v) is 3.80. The van der Waals surface area contributed by atoms with Crippen LogP contribution in [0.25, 0.3) is 16.9 Å². The van der Waals surface area contributed by atoms with Crippen molar-refractivity contribution < 1.29 is 4.92 Å². The zero-order chi connectivity index (χ0) is 24.9. The van der Waals surface area contributed by atoms with Gasteiger partial charge in [0.1, 0.15) is 11.5 Å². The number of pyridine rings is 1. The maximum atomic E-state index is 11.2. The predicted octanol–water partition coefficient (Wildman–Crippen LogP) is 4.53. The second-order valence-corrected chi connectivity index (χ2v) is 8.41. The Labute approximate surface area is 210 Å². The van der Waals surface area contributed by atoms with Crippen molar-refractivity contribution in [2.75, 3.05) is 42.7 Å². The number of halogens is 2. The Bertz CT molecular complexity index is 1350. The molecule has 0 radical (unpaired) electrons. The highest BCUT2D eigenvalue weighted by Crippen LogP contribution is 2.33. The van der Waals surface area contributed by atoms with Gasteiger partial charge in [-0.1, -0.05) is 23.2 Å². The molecule has 1 aromatic carbocycles. The number of nitrogens with one attached hydrogen (secondary N) is 2. The number of imidazole rings is 1. The number of aromatic nitrogens is 5. The van der Waals surface area contributed by atoms with Crippen LogP contribution in [0.3, 0.4) is 0 Å². The highest BCUT2D eigenvalue weighted by molar-refractivity contribution is 6.36. The molecule has 0 bridgehead atoms. The molecule has 0 saturated carbocycles. The molecule has 0 atom stereocenters. The molecular formula is C22H21Cl2N9O2. The summed E-state index contributed by atoms with van der Waals surface area (Å²) in [5.74, 6) is 1.20. The summed E-state index contributed by atoms with van der Waals surface area (Å²) in [7, 11) is 3.41. The standard InChI is InChI=1S/C22H21Cl2N9O2/c1-31(2)21-17(33(34)35)5-6-19(29-21)26-7-8-27-22-28-12-18(32-10-9-25-13-32)20(30-22)15-4-3-14(23)11-16(15)24/h3-6,9-13H,7-8H2,1-2H3,(H,26,29)(H,27,28,30). The first kappa shape index (κ1) is 24.2. The van der Waals surface area contributed by atoms with E-state index in [9.17, 15) is 10.1 Å². The van der Waals surface area contributed by atoms with E-state index in [0.717, 1.165) is 0 Å². The van der Waals surface area contributed by atoms with Gasteiger partial charge in [0.15, 0.2) is 0 Å². The van der Waals surface area contributed by atoms with Crippen molar-refractivity contribution in [3.8, 4) is 16.9 Å². The molecule has 4 aromatic rings. The fraction of sp³-hybridized carbons (Fsp3) is 0.182. The van der Waals surface area contributed by atoms with E-state index in [1.807, 2.05) is 0 Å². The number of nitrogens with zero attached hydrogens (tertiary/aromatic N) is 7. The third kappa shape index (κ3) is 5.58. The summed E-state index contributed by atoms with van der Waals surface area (Å²) < 4.78 is 1.80. The minimum absolute atomic E-state index is 0.0570. The SMILES string of the molecule is CN(C)c1nc(NCCNc2ncc(-n3ccnc3)c(-c3ccc(Cl)cc3Cl)n2)ccc1[N+](=O)[O-]. The summed E-state index contributed by atoms with van der Waals surface area (Å²) in [5, 5.41) is 18.5. The maximum Gasteiger partial charge on any atom is 0.311 e. The molecule has 0 saturated heterocycles. The molecule has 3 aromatic heterocycles. The molecule has 0 unspecified atom stereocenters. The molecule has 4 rings (SSSR count). The van der Waals surface area contributed by atoms with Crippen molar-refractivity contribution in [1.29, 1.82) is 0 Å². The molecule has 0 fully saturated rings. The average Bonchev–Trinajstić information content (AvgIpc) is 3.36. The number of hydrogen-bond donors (Lipinski definition) is 2. The van der Waals surface area contributed by atoms with Crippen LogP contribution in [0.2, 0.25) is 10.0 Å². The van der Waals surface area contributed by atoms with Crippen LogP contribution in [0.1, 0.15) is 0 Å². The molecule has 11 nitrogen and oxygen atoms in total. The summed E-state index contributed by atoms with van der Waals surface area (Å²) in [4.78, 5) is 29.9. The molecule has 35 heavy (non-hydrogen) atoms. The van der Waals surface area contributed by atoms with Gasteiger partial charge in [0.2, 0.25) is 11.8 Å². The summed E-state index contributed by atoms with van der Waals surface area (Å²) >= 11 is 12.5. The predicted molar refractivity (Wildman–Crippen MR) is 137 cm³/mol. The molecule has 2 N–H and O–H groups in total. The molecule has 0 aliphatic heterocycles. The molecule has 0 spiro atoms. The number of anilines is 3. The minimum Gasteiger partial charge on any atom is -0.368 e. The van der Waals surface area contributed by atoms with Crippen LogP contribution < -0.4 is 15.5 Å². The van der Waals surface area contributed by atoms with E-state index in [2.05, 4.69) is 30.6 Å². The van der Waals surface area contributed by atoms with Gasteiger partial charge in [-0.2, -0.15) is 0 Å². The summed E-state index contributed by atoms with van der Waals surface area (Å²) in [6, 6.07) is 8.22. The van der Waals surface area contributed by atoms with Crippen LogP contribution in [-0.2, 0) is 0 Å². The van der Waals surface area contributed by atoms with Crippen molar-refractivity contribution in [3.05, 3.63) is 75.4 Å². The lowest BCUT2D eigenvalue weighted by Gasteiger charge is -2.14. The van der Waals surface area contributed by atoms with Gasteiger partial charge in [-0.15, -0.1) is 0 Å². The average molecular weight is 514 g/mol. The van der Waals surface area contributed by atoms with E-state index in [0.29, 0.717) is 51.8 Å². The Balaban J connectivity index is 1.50. The van der Waals surface area contributed by atoms with Gasteiger partial charge in [0, 0.05) is 56.2 Å². The maximum absolute atomic E-state index is 11.2. The Morgan fingerprint density at radius 3 is 2.60 bits per heavy atom. The van der Waals surface area contributed by atoms with E-state index >= 15 is 0 Å². The van der Waals surface area contributed by atoms with Gasteiger partial charge in [-0.05, 0) is 24.3 Å². The van der Waals surface area contributed by atoms with Gasteiger partial charge in [0.05, 0.1) is 28.2 Å². The molecule has 0 aliphatic rings. The fourth-order valence-electron chi connectivity index (χ4n) is 3.31. The molecule has 13 heteroatoms. The van der Waals surface area contributed by atoms with Crippen molar-refractivity contribution in [1.82, 2.24) is 24.5 Å². The molecule has 0 amide bonds. The van der Waals surface area contributed by atoms with Crippen molar-refractivity contribution >= 4 is 46.5 Å². The highest BCUT2D eigenvalue weighted by atomic mass is 35.5. The Kier molecular flexibility index (Phi) is 7.28. The van der Waals surface area contributed by atoms with Crippen LogP contribution in [0.4, 0.5) is 23.3 Å². The first-order valence-corrected chi connectivity index (χ1v) is 11.2. The quantitative estimate of drug-likeness (QED) is 0.188. The summed E-state index contributed by atoms with van der Waals surface area (Å²) in [6.45, 7) is 0.940. The number of hydrogen-bond acceptors (Lipinski definition) is 9. The summed E-state index contributed by atoms with van der Waals surface area (Å²) in [5.41, 5.74) is 1.97. The second-order valence-electron chi connectivity index (χ2n) is 7.57. The third-order valence-electron chi connectivity index (χ3n) is 4.93. The first-order chi connectivity index (χ1) is 16.8. The number of benzene rings is 1. The molecule has 180 valence electrons. The summed E-state index contributed by atoms with van der Waals surface area (Å²) in [6.07, 6.45) is 6.80. The van der Waals surface area contributed by atoms with Crippen LogP contribution in [0.15, 0.2) is 55.2 Å². The van der Waals surface area contributed by atoms with Gasteiger partial charge in [-0.3, -0.25) is 10.1 Å². The number of nitro groups is 1.